The Kier molecular flexibility index (Phi) is 9.96. The second-order valence-electron chi connectivity index (χ2n) is 21.8. The van der Waals surface area contributed by atoms with Crippen LogP contribution in [0.25, 0.3) is 115 Å². The molecule has 0 amide bonds. The number of benzene rings is 14. The molecule has 17 rings (SSSR count). The van der Waals surface area contributed by atoms with E-state index >= 15 is 0 Å². The molecule has 2 nitrogen and oxygen atoms in total. The Morgan fingerprint density at radius 3 is 1.37 bits per heavy atom. The lowest BCUT2D eigenvalue weighted by molar-refractivity contribution is 0.794. The fraction of sp³-hybridized carbons (Fsp3) is 0.0127. The van der Waals surface area contributed by atoms with Crippen molar-refractivity contribution < 1.29 is 0 Å². The van der Waals surface area contributed by atoms with E-state index < -0.39 is 5.41 Å². The summed E-state index contributed by atoms with van der Waals surface area (Å²) in [4.78, 5) is 2.50. The summed E-state index contributed by atoms with van der Waals surface area (Å²) < 4.78 is 2.41. The fourth-order valence-electron chi connectivity index (χ4n) is 14.4. The molecule has 81 heavy (non-hydrogen) atoms. The van der Waals surface area contributed by atoms with Gasteiger partial charge in [0, 0.05) is 33.5 Å². The summed E-state index contributed by atoms with van der Waals surface area (Å²) in [5.41, 5.74) is 23.9. The lowest BCUT2D eigenvalue weighted by Gasteiger charge is -2.32. The van der Waals surface area contributed by atoms with Gasteiger partial charge in [0.25, 0.3) is 0 Å². The molecule has 1 spiro atoms. The maximum atomic E-state index is 2.53. The van der Waals surface area contributed by atoms with Crippen LogP contribution in [0.5, 0.6) is 0 Å². The smallest absolute Gasteiger partial charge is 0.0726 e. The molecule has 0 bridgehead atoms. The number of hydrogen-bond donors (Lipinski definition) is 0. The summed E-state index contributed by atoms with van der Waals surface area (Å²) in [5.74, 6) is 0. The van der Waals surface area contributed by atoms with Crippen molar-refractivity contribution in [2.75, 3.05) is 4.90 Å². The van der Waals surface area contributed by atoms with Crippen LogP contribution in [0, 0.1) is 0 Å². The van der Waals surface area contributed by atoms with Crippen molar-refractivity contribution in [3.8, 4) is 61.3 Å². The van der Waals surface area contributed by atoms with E-state index in [1.807, 2.05) is 0 Å². The molecule has 2 aliphatic carbocycles. The van der Waals surface area contributed by atoms with E-state index in [4.69, 9.17) is 0 Å². The molecule has 0 saturated heterocycles. The standard InChI is InChI=1S/C79H50N2/c1-3-21-52(22-4-1)77-66-30-9-11-32-68(66)78(69-33-12-10-31-67(69)77)53-38-41-56(42-39-53)80(57-44-47-76-70(49-57)65-29-15-18-37-75(65)81(76)55-24-5-2-6-25-55)58-43-46-64-63-45-40-54(60-34-19-23-51-20-7-8-26-59(51)60)48-73(63)79(74(64)50-58)71-35-16-13-27-61(71)62-28-14-17-36-72(62)79/h1-50H. The van der Waals surface area contributed by atoms with Gasteiger partial charge in [0.15, 0.2) is 0 Å². The van der Waals surface area contributed by atoms with Crippen LogP contribution in [0.2, 0.25) is 0 Å². The summed E-state index contributed by atoms with van der Waals surface area (Å²) in [7, 11) is 0. The van der Waals surface area contributed by atoms with Crippen LogP contribution in [-0.4, -0.2) is 4.57 Å². The highest BCUT2D eigenvalue weighted by molar-refractivity contribution is 6.21. The number of anilines is 3. The zero-order valence-corrected chi connectivity index (χ0v) is 44.3. The van der Waals surface area contributed by atoms with Gasteiger partial charge in [-0.25, -0.2) is 0 Å². The van der Waals surface area contributed by atoms with Crippen LogP contribution in [0.15, 0.2) is 303 Å². The van der Waals surface area contributed by atoms with E-state index in [1.165, 1.54) is 132 Å². The Morgan fingerprint density at radius 1 is 0.247 bits per heavy atom. The third-order valence-corrected chi connectivity index (χ3v) is 17.8. The van der Waals surface area contributed by atoms with Crippen LogP contribution >= 0.6 is 0 Å². The number of hydrogen-bond acceptors (Lipinski definition) is 1. The summed E-state index contributed by atoms with van der Waals surface area (Å²) in [6.45, 7) is 0. The van der Waals surface area contributed by atoms with Crippen molar-refractivity contribution >= 4 is 71.2 Å². The first-order valence-corrected chi connectivity index (χ1v) is 28.2. The number of para-hydroxylation sites is 2. The molecule has 0 radical (unpaired) electrons. The molecule has 2 aliphatic rings. The lowest BCUT2D eigenvalue weighted by Crippen LogP contribution is -2.26. The normalized spacial score (nSPS) is 12.8. The first-order chi connectivity index (χ1) is 40.2. The monoisotopic (exact) mass is 1030 g/mol. The molecule has 0 unspecified atom stereocenters. The highest BCUT2D eigenvalue weighted by Gasteiger charge is 2.52. The van der Waals surface area contributed by atoms with Gasteiger partial charge in [-0.05, 0) is 177 Å². The number of nitrogens with zero attached hydrogens (tertiary/aromatic N) is 2. The van der Waals surface area contributed by atoms with Gasteiger partial charge < -0.3 is 9.47 Å². The Labute approximate surface area is 470 Å². The quantitative estimate of drug-likeness (QED) is 0.144. The predicted octanol–water partition coefficient (Wildman–Crippen LogP) is 21.1. The summed E-state index contributed by atoms with van der Waals surface area (Å²) in [6, 6.07) is 113. The number of rotatable bonds is 7. The van der Waals surface area contributed by atoms with Gasteiger partial charge >= 0.3 is 0 Å². The Morgan fingerprint density at radius 2 is 0.691 bits per heavy atom. The second kappa shape index (κ2) is 17.7. The van der Waals surface area contributed by atoms with Crippen LogP contribution in [0.1, 0.15) is 22.3 Å². The van der Waals surface area contributed by atoms with Crippen LogP contribution in [0.4, 0.5) is 17.1 Å². The number of fused-ring (bicyclic) bond motifs is 16. The Hall–Kier alpha value is -10.5. The maximum Gasteiger partial charge on any atom is 0.0726 e. The molecule has 15 aromatic rings. The van der Waals surface area contributed by atoms with Crippen molar-refractivity contribution in [3.63, 3.8) is 0 Å². The molecule has 0 N–H and O–H groups in total. The molecule has 2 heteroatoms. The van der Waals surface area contributed by atoms with Gasteiger partial charge in [0.05, 0.1) is 16.4 Å². The first-order valence-electron chi connectivity index (χ1n) is 28.2. The highest BCUT2D eigenvalue weighted by atomic mass is 15.1. The zero-order chi connectivity index (χ0) is 53.2. The van der Waals surface area contributed by atoms with Crippen LogP contribution < -0.4 is 4.90 Å². The maximum absolute atomic E-state index is 2.53. The molecule has 376 valence electrons. The molecule has 0 saturated carbocycles. The van der Waals surface area contributed by atoms with E-state index in [0.29, 0.717) is 0 Å². The minimum Gasteiger partial charge on any atom is -0.310 e. The summed E-state index contributed by atoms with van der Waals surface area (Å²) in [5, 5.41) is 9.90. The molecule has 14 aromatic carbocycles. The van der Waals surface area contributed by atoms with Crippen molar-refractivity contribution in [1.29, 1.82) is 0 Å². The van der Waals surface area contributed by atoms with Gasteiger partial charge in [0.2, 0.25) is 0 Å². The van der Waals surface area contributed by atoms with E-state index in [-0.39, 0.29) is 0 Å². The topological polar surface area (TPSA) is 8.17 Å². The fourth-order valence-corrected chi connectivity index (χ4v) is 14.4. The largest absolute Gasteiger partial charge is 0.310 e. The molecular weight excluding hydrogens is 977 g/mol. The Bertz CT molecular complexity index is 4940. The first kappa shape index (κ1) is 45.5. The molecule has 0 atom stereocenters. The molecule has 0 aliphatic heterocycles. The lowest BCUT2D eigenvalue weighted by atomic mass is 9.70. The molecule has 0 fully saturated rings. The van der Waals surface area contributed by atoms with Gasteiger partial charge in [-0.3, -0.25) is 0 Å². The van der Waals surface area contributed by atoms with Crippen molar-refractivity contribution in [2.45, 2.75) is 5.41 Å². The van der Waals surface area contributed by atoms with Crippen molar-refractivity contribution in [2.24, 2.45) is 0 Å². The van der Waals surface area contributed by atoms with Gasteiger partial charge in [-0.15, -0.1) is 0 Å². The van der Waals surface area contributed by atoms with Gasteiger partial charge in [0.1, 0.15) is 0 Å². The average molecular weight is 1030 g/mol. The zero-order valence-electron chi connectivity index (χ0n) is 44.3. The third kappa shape index (κ3) is 6.62. The number of aromatic nitrogens is 1. The predicted molar refractivity (Wildman–Crippen MR) is 341 cm³/mol. The molecular formula is C79H50N2. The molecule has 1 aromatic heterocycles. The summed E-state index contributed by atoms with van der Waals surface area (Å²) in [6.07, 6.45) is 0. The van der Waals surface area contributed by atoms with E-state index in [9.17, 15) is 0 Å². The minimum absolute atomic E-state index is 0.578. The van der Waals surface area contributed by atoms with Gasteiger partial charge in [-0.1, -0.05) is 237 Å². The second-order valence-corrected chi connectivity index (χ2v) is 21.8. The van der Waals surface area contributed by atoms with Crippen molar-refractivity contribution in [3.05, 3.63) is 326 Å². The minimum atomic E-state index is -0.578. The van der Waals surface area contributed by atoms with Crippen LogP contribution in [0.3, 0.4) is 0 Å². The Balaban J connectivity index is 0.902. The third-order valence-electron chi connectivity index (χ3n) is 17.8. The highest BCUT2D eigenvalue weighted by Crippen LogP contribution is 2.64. The SMILES string of the molecule is c1ccc(-c2c3ccccc3c(-c3ccc(N(c4ccc5c(c4)C4(c6ccccc6-c6ccccc64)c4cc(-c6cccc7ccccc67)ccc4-5)c4ccc5c(c4)c4ccccc4n5-c4ccccc4)cc3)c3ccccc23)cc1. The van der Waals surface area contributed by atoms with E-state index in [2.05, 4.69) is 313 Å². The van der Waals surface area contributed by atoms with Crippen molar-refractivity contribution in [1.82, 2.24) is 4.57 Å². The van der Waals surface area contributed by atoms with E-state index in [1.54, 1.807) is 0 Å². The van der Waals surface area contributed by atoms with Crippen LogP contribution in [-0.2, 0) is 5.41 Å². The van der Waals surface area contributed by atoms with E-state index in [0.717, 1.165) is 22.7 Å². The average Bonchev–Trinajstić information content (AvgIpc) is 3.64. The molecule has 1 heterocycles. The summed E-state index contributed by atoms with van der Waals surface area (Å²) >= 11 is 0. The van der Waals surface area contributed by atoms with Gasteiger partial charge in [-0.2, -0.15) is 0 Å².